The van der Waals surface area contributed by atoms with Gasteiger partial charge in [0.25, 0.3) is 6.43 Å². The van der Waals surface area contributed by atoms with Crippen molar-refractivity contribution in [3.05, 3.63) is 76.1 Å². The summed E-state index contributed by atoms with van der Waals surface area (Å²) in [5, 5.41) is 9.80. The molecule has 0 unspecified atom stereocenters. The summed E-state index contributed by atoms with van der Waals surface area (Å²) in [4.78, 5) is 8.61. The smallest absolute Gasteiger partial charge is 0.268 e. The van der Waals surface area contributed by atoms with Gasteiger partial charge >= 0.3 is 0 Å². The zero-order chi connectivity index (χ0) is 23.1. The van der Waals surface area contributed by atoms with Crippen molar-refractivity contribution in [1.29, 1.82) is 0 Å². The summed E-state index contributed by atoms with van der Waals surface area (Å²) in [6, 6.07) is 10.8. The normalized spacial score (nSPS) is 13.8. The molecule has 9 heteroatoms. The van der Waals surface area contributed by atoms with Gasteiger partial charge < -0.3 is 0 Å². The van der Waals surface area contributed by atoms with Gasteiger partial charge in [-0.3, -0.25) is 4.68 Å². The quantitative estimate of drug-likeness (QED) is 0.347. The average molecular weight is 469 g/mol. The van der Waals surface area contributed by atoms with E-state index in [1.165, 1.54) is 29.9 Å². The van der Waals surface area contributed by atoms with Crippen LogP contribution in [0.15, 0.2) is 42.7 Å². The van der Waals surface area contributed by atoms with Crippen LogP contribution in [0.1, 0.15) is 47.6 Å². The van der Waals surface area contributed by atoms with Gasteiger partial charge in [-0.05, 0) is 56.4 Å². The molecular weight excluding hydrogens is 446 g/mol. The third kappa shape index (κ3) is 4.53. The van der Waals surface area contributed by atoms with Crippen molar-refractivity contribution in [3.63, 3.8) is 0 Å². The second-order valence-corrected chi connectivity index (χ2v) is 8.96. The van der Waals surface area contributed by atoms with Gasteiger partial charge in [-0.2, -0.15) is 10.2 Å². The summed E-state index contributed by atoms with van der Waals surface area (Å²) in [6.45, 7) is 4.60. The number of rotatable bonds is 7. The van der Waals surface area contributed by atoms with E-state index in [4.69, 9.17) is 16.7 Å². The molecule has 1 aliphatic carbocycles. The molecule has 1 saturated carbocycles. The van der Waals surface area contributed by atoms with Gasteiger partial charge in [-0.25, -0.2) is 23.4 Å². The van der Waals surface area contributed by atoms with Crippen molar-refractivity contribution in [1.82, 2.24) is 29.5 Å². The predicted octanol–water partition coefficient (Wildman–Crippen LogP) is 5.73. The molecule has 170 valence electrons. The van der Waals surface area contributed by atoms with E-state index >= 15 is 0 Å². The Morgan fingerprint density at radius 1 is 1.06 bits per heavy atom. The van der Waals surface area contributed by atoms with Crippen molar-refractivity contribution >= 4 is 11.6 Å². The second-order valence-electron chi connectivity index (χ2n) is 8.52. The maximum absolute atomic E-state index is 13.5. The molecule has 0 amide bonds. The molecule has 0 aliphatic heterocycles. The van der Waals surface area contributed by atoms with E-state index in [-0.39, 0.29) is 5.69 Å². The van der Waals surface area contributed by atoms with E-state index in [2.05, 4.69) is 26.7 Å². The lowest BCUT2D eigenvalue weighted by molar-refractivity contribution is 0.142. The number of benzene rings is 1. The van der Waals surface area contributed by atoms with Crippen molar-refractivity contribution in [3.8, 4) is 17.1 Å². The second kappa shape index (κ2) is 8.67. The standard InChI is InChI=1S/C24H23ClF2N6/c1-14-9-21(24(26)27)33(30-14)22-11-19(28-13-29-22)10-20-15(2)23(17-5-7-18(25)8-6-17)31-32(20)12-16-3-4-16/h5-9,11,13,16,24H,3-4,10,12H2,1-2H3. The predicted molar refractivity (Wildman–Crippen MR) is 122 cm³/mol. The van der Waals surface area contributed by atoms with Crippen LogP contribution in [0.3, 0.4) is 0 Å². The molecule has 0 spiro atoms. The maximum atomic E-state index is 13.5. The molecule has 0 saturated heterocycles. The molecule has 6 nitrogen and oxygen atoms in total. The first-order chi connectivity index (χ1) is 15.9. The Kier molecular flexibility index (Phi) is 5.70. The van der Waals surface area contributed by atoms with Crippen LogP contribution in [0.4, 0.5) is 8.78 Å². The minimum atomic E-state index is -2.64. The van der Waals surface area contributed by atoms with Crippen molar-refractivity contribution < 1.29 is 8.78 Å². The number of hydrogen-bond donors (Lipinski definition) is 0. The van der Waals surface area contributed by atoms with E-state index in [9.17, 15) is 8.78 Å². The van der Waals surface area contributed by atoms with Gasteiger partial charge in [0.05, 0.1) is 17.1 Å². The zero-order valence-corrected chi connectivity index (χ0v) is 19.1. The molecule has 0 N–H and O–H groups in total. The maximum Gasteiger partial charge on any atom is 0.280 e. The first-order valence-corrected chi connectivity index (χ1v) is 11.2. The third-order valence-electron chi connectivity index (χ3n) is 5.92. The van der Waals surface area contributed by atoms with Crippen LogP contribution in [0.2, 0.25) is 5.02 Å². The van der Waals surface area contributed by atoms with Crippen molar-refractivity contribution in [2.45, 2.75) is 46.1 Å². The molecule has 0 radical (unpaired) electrons. The number of aryl methyl sites for hydroxylation is 1. The molecule has 33 heavy (non-hydrogen) atoms. The minimum Gasteiger partial charge on any atom is -0.268 e. The first kappa shape index (κ1) is 21.7. The lowest BCUT2D eigenvalue weighted by Crippen LogP contribution is -2.10. The zero-order valence-electron chi connectivity index (χ0n) is 18.3. The molecular formula is C24H23ClF2N6. The van der Waals surface area contributed by atoms with Crippen molar-refractivity contribution in [2.24, 2.45) is 5.92 Å². The lowest BCUT2D eigenvalue weighted by atomic mass is 10.0. The lowest BCUT2D eigenvalue weighted by Gasteiger charge is -2.10. The Balaban J connectivity index is 1.51. The molecule has 3 aromatic heterocycles. The van der Waals surface area contributed by atoms with Crippen molar-refractivity contribution in [2.75, 3.05) is 0 Å². The molecule has 1 aromatic carbocycles. The molecule has 0 atom stereocenters. The van der Waals surface area contributed by atoms with E-state index in [0.717, 1.165) is 34.8 Å². The largest absolute Gasteiger partial charge is 0.280 e. The fourth-order valence-electron chi connectivity index (χ4n) is 4.02. The van der Waals surface area contributed by atoms with Crippen LogP contribution in [-0.4, -0.2) is 29.5 Å². The SMILES string of the molecule is Cc1cc(C(F)F)n(-c2cc(Cc3c(C)c(-c4ccc(Cl)cc4)nn3CC3CC3)ncn2)n1. The Morgan fingerprint density at radius 2 is 1.82 bits per heavy atom. The Bertz CT molecular complexity index is 1290. The van der Waals surface area contributed by atoms with Crippen LogP contribution in [0, 0.1) is 19.8 Å². The highest BCUT2D eigenvalue weighted by atomic mass is 35.5. The van der Waals surface area contributed by atoms with Gasteiger partial charge in [-0.15, -0.1) is 0 Å². The summed E-state index contributed by atoms with van der Waals surface area (Å²) < 4.78 is 30.2. The van der Waals surface area contributed by atoms with E-state index < -0.39 is 6.43 Å². The van der Waals surface area contributed by atoms with E-state index in [1.54, 1.807) is 13.0 Å². The fourth-order valence-corrected chi connectivity index (χ4v) is 4.14. The highest BCUT2D eigenvalue weighted by molar-refractivity contribution is 6.30. The highest BCUT2D eigenvalue weighted by Gasteiger charge is 2.26. The summed E-state index contributed by atoms with van der Waals surface area (Å²) >= 11 is 6.06. The van der Waals surface area contributed by atoms with Gasteiger partial charge in [0.2, 0.25) is 0 Å². The number of alkyl halides is 2. The molecule has 1 fully saturated rings. The molecule has 0 bridgehead atoms. The Labute approximate surface area is 195 Å². The average Bonchev–Trinajstić information content (AvgIpc) is 3.45. The summed E-state index contributed by atoms with van der Waals surface area (Å²) in [6.07, 6.45) is 1.68. The van der Waals surface area contributed by atoms with Gasteiger partial charge in [0.1, 0.15) is 12.0 Å². The fraction of sp³-hybridized carbons (Fsp3) is 0.333. The van der Waals surface area contributed by atoms with Crippen LogP contribution >= 0.6 is 11.6 Å². The third-order valence-corrected chi connectivity index (χ3v) is 6.18. The summed E-state index contributed by atoms with van der Waals surface area (Å²) in [7, 11) is 0. The van der Waals surface area contributed by atoms with Gasteiger partial charge in [-0.1, -0.05) is 23.7 Å². The molecule has 4 aromatic rings. The van der Waals surface area contributed by atoms with Gasteiger partial charge in [0.15, 0.2) is 5.82 Å². The topological polar surface area (TPSA) is 61.4 Å². The number of nitrogens with zero attached hydrogens (tertiary/aromatic N) is 6. The highest BCUT2D eigenvalue weighted by Crippen LogP contribution is 2.34. The van der Waals surface area contributed by atoms with Crippen LogP contribution in [0.25, 0.3) is 17.1 Å². The molecule has 1 aliphatic rings. The minimum absolute atomic E-state index is 0.183. The summed E-state index contributed by atoms with van der Waals surface area (Å²) in [5.41, 5.74) is 5.09. The van der Waals surface area contributed by atoms with E-state index in [1.807, 2.05) is 24.3 Å². The van der Waals surface area contributed by atoms with Crippen LogP contribution < -0.4 is 0 Å². The van der Waals surface area contributed by atoms with Gasteiger partial charge in [0, 0.05) is 35.3 Å². The Morgan fingerprint density at radius 3 is 2.52 bits per heavy atom. The monoisotopic (exact) mass is 468 g/mol. The number of aromatic nitrogens is 6. The number of halogens is 3. The number of hydrogen-bond acceptors (Lipinski definition) is 4. The summed E-state index contributed by atoms with van der Waals surface area (Å²) in [5.74, 6) is 0.968. The Hall–Kier alpha value is -3.13. The van der Waals surface area contributed by atoms with E-state index in [0.29, 0.717) is 28.9 Å². The van der Waals surface area contributed by atoms with Crippen LogP contribution in [-0.2, 0) is 13.0 Å². The first-order valence-electron chi connectivity index (χ1n) is 10.9. The molecule has 5 rings (SSSR count). The van der Waals surface area contributed by atoms with Crippen LogP contribution in [0.5, 0.6) is 0 Å². The molecule has 3 heterocycles.